The Morgan fingerprint density at radius 2 is 2.06 bits per heavy atom. The third-order valence-corrected chi connectivity index (χ3v) is 2.64. The lowest BCUT2D eigenvalue weighted by molar-refractivity contribution is 0.377. The molecule has 0 radical (unpaired) electrons. The van der Waals surface area contributed by atoms with Crippen molar-refractivity contribution in [3.63, 3.8) is 0 Å². The molecule has 3 nitrogen and oxygen atoms in total. The molecule has 1 unspecified atom stereocenters. The summed E-state index contributed by atoms with van der Waals surface area (Å²) in [5.41, 5.74) is 8.37. The Bertz CT molecular complexity index is 474. The van der Waals surface area contributed by atoms with Crippen molar-refractivity contribution in [2.75, 3.05) is 20.6 Å². The molecule has 1 aromatic carbocycles. The number of pyridine rings is 1. The summed E-state index contributed by atoms with van der Waals surface area (Å²) in [5.74, 6) is 0. The second-order valence-electron chi connectivity index (χ2n) is 4.29. The van der Waals surface area contributed by atoms with Gasteiger partial charge >= 0.3 is 0 Å². The molecular weight excluding hydrogens is 198 g/mol. The Balaban J connectivity index is 2.44. The van der Waals surface area contributed by atoms with E-state index in [0.717, 1.165) is 17.4 Å². The topological polar surface area (TPSA) is 42.1 Å². The highest BCUT2D eigenvalue weighted by Crippen LogP contribution is 2.21. The zero-order chi connectivity index (χ0) is 11.5. The molecule has 0 aliphatic carbocycles. The fraction of sp³-hybridized carbons (Fsp3) is 0.308. The summed E-state index contributed by atoms with van der Waals surface area (Å²) in [5, 5.41) is 1.15. The number of likely N-dealkylation sites (N-methyl/N-ethyl adjacent to an activating group) is 1. The van der Waals surface area contributed by atoms with Crippen LogP contribution in [0.2, 0.25) is 0 Å². The van der Waals surface area contributed by atoms with Gasteiger partial charge in [-0.1, -0.05) is 18.2 Å². The van der Waals surface area contributed by atoms with E-state index in [1.807, 2.05) is 38.5 Å². The van der Waals surface area contributed by atoms with Gasteiger partial charge in [0, 0.05) is 24.2 Å². The maximum absolute atomic E-state index is 6.19. The Morgan fingerprint density at radius 1 is 1.25 bits per heavy atom. The first-order chi connectivity index (χ1) is 7.68. The van der Waals surface area contributed by atoms with Crippen LogP contribution in [0.15, 0.2) is 36.5 Å². The van der Waals surface area contributed by atoms with E-state index in [1.54, 1.807) is 0 Å². The van der Waals surface area contributed by atoms with Crippen LogP contribution in [0.25, 0.3) is 10.9 Å². The first-order valence-electron chi connectivity index (χ1n) is 5.42. The largest absolute Gasteiger partial charge is 0.323 e. The van der Waals surface area contributed by atoms with Crippen molar-refractivity contribution >= 4 is 10.9 Å². The predicted molar refractivity (Wildman–Crippen MR) is 67.2 cm³/mol. The minimum atomic E-state index is 0.0305. The van der Waals surface area contributed by atoms with Crippen molar-refractivity contribution in [1.82, 2.24) is 9.88 Å². The number of fused-ring (bicyclic) bond motifs is 1. The fourth-order valence-corrected chi connectivity index (χ4v) is 1.94. The molecule has 0 saturated carbocycles. The smallest absolute Gasteiger partial charge is 0.0705 e. The van der Waals surface area contributed by atoms with Gasteiger partial charge in [-0.3, -0.25) is 4.98 Å². The maximum Gasteiger partial charge on any atom is 0.0705 e. The molecule has 2 aromatic rings. The second kappa shape index (κ2) is 4.60. The molecule has 1 heterocycles. The summed E-state index contributed by atoms with van der Waals surface area (Å²) in [4.78, 5) is 6.43. The van der Waals surface area contributed by atoms with Gasteiger partial charge in [0.05, 0.1) is 5.52 Å². The van der Waals surface area contributed by atoms with Crippen molar-refractivity contribution in [2.45, 2.75) is 6.04 Å². The minimum absolute atomic E-state index is 0.0305. The van der Waals surface area contributed by atoms with Crippen molar-refractivity contribution in [1.29, 1.82) is 0 Å². The summed E-state index contributed by atoms with van der Waals surface area (Å²) >= 11 is 0. The third-order valence-electron chi connectivity index (χ3n) is 2.64. The molecule has 0 bridgehead atoms. The van der Waals surface area contributed by atoms with E-state index in [2.05, 4.69) is 22.0 Å². The number of hydrogen-bond donors (Lipinski definition) is 1. The lowest BCUT2D eigenvalue weighted by Crippen LogP contribution is -2.26. The Kier molecular flexibility index (Phi) is 3.17. The van der Waals surface area contributed by atoms with Crippen LogP contribution in [0.3, 0.4) is 0 Å². The van der Waals surface area contributed by atoms with Crippen LogP contribution in [0.5, 0.6) is 0 Å². The van der Waals surface area contributed by atoms with Crippen molar-refractivity contribution in [3.8, 4) is 0 Å². The van der Waals surface area contributed by atoms with E-state index in [-0.39, 0.29) is 6.04 Å². The van der Waals surface area contributed by atoms with Gasteiger partial charge in [-0.25, -0.2) is 0 Å². The van der Waals surface area contributed by atoms with Gasteiger partial charge in [0.25, 0.3) is 0 Å². The Labute approximate surface area is 95.9 Å². The molecule has 3 heteroatoms. The van der Waals surface area contributed by atoms with E-state index in [4.69, 9.17) is 5.73 Å². The zero-order valence-electron chi connectivity index (χ0n) is 9.72. The number of nitrogens with zero attached hydrogens (tertiary/aromatic N) is 2. The second-order valence-corrected chi connectivity index (χ2v) is 4.29. The standard InChI is InChI=1S/C13H17N3/c1-16(2)9-12(14)10-5-3-7-13-11(10)6-4-8-15-13/h3-8,12H,9,14H2,1-2H3. The van der Waals surface area contributed by atoms with Crippen LogP contribution in [0.1, 0.15) is 11.6 Å². The molecule has 0 saturated heterocycles. The van der Waals surface area contributed by atoms with Gasteiger partial charge in [0.15, 0.2) is 0 Å². The van der Waals surface area contributed by atoms with Crippen LogP contribution < -0.4 is 5.73 Å². The van der Waals surface area contributed by atoms with Crippen LogP contribution in [0, 0.1) is 0 Å². The van der Waals surface area contributed by atoms with E-state index in [9.17, 15) is 0 Å². The van der Waals surface area contributed by atoms with Crippen LogP contribution in [-0.2, 0) is 0 Å². The van der Waals surface area contributed by atoms with Crippen molar-refractivity contribution in [2.24, 2.45) is 5.73 Å². The highest BCUT2D eigenvalue weighted by Gasteiger charge is 2.10. The normalized spacial score (nSPS) is 13.2. The molecular formula is C13H17N3. The van der Waals surface area contributed by atoms with Crippen LogP contribution >= 0.6 is 0 Å². The Hall–Kier alpha value is -1.45. The van der Waals surface area contributed by atoms with E-state index < -0.39 is 0 Å². The maximum atomic E-state index is 6.19. The lowest BCUT2D eigenvalue weighted by atomic mass is 10.0. The van der Waals surface area contributed by atoms with Crippen molar-refractivity contribution in [3.05, 3.63) is 42.1 Å². The lowest BCUT2D eigenvalue weighted by Gasteiger charge is -2.18. The van der Waals surface area contributed by atoms with Gasteiger partial charge < -0.3 is 10.6 Å². The molecule has 0 fully saturated rings. The number of benzene rings is 1. The van der Waals surface area contributed by atoms with Crippen LogP contribution in [0.4, 0.5) is 0 Å². The van der Waals surface area contributed by atoms with E-state index in [1.165, 1.54) is 5.56 Å². The Morgan fingerprint density at radius 3 is 2.81 bits per heavy atom. The number of hydrogen-bond acceptors (Lipinski definition) is 3. The summed E-state index contributed by atoms with van der Waals surface area (Å²) in [6.07, 6.45) is 1.81. The first-order valence-corrected chi connectivity index (χ1v) is 5.42. The molecule has 0 amide bonds. The SMILES string of the molecule is CN(C)CC(N)c1cccc2ncccc12. The highest BCUT2D eigenvalue weighted by atomic mass is 15.1. The van der Waals surface area contributed by atoms with Gasteiger partial charge in [-0.2, -0.15) is 0 Å². The number of rotatable bonds is 3. The van der Waals surface area contributed by atoms with Gasteiger partial charge in [-0.15, -0.1) is 0 Å². The van der Waals surface area contributed by atoms with Gasteiger partial charge in [0.2, 0.25) is 0 Å². The quantitative estimate of drug-likeness (QED) is 0.849. The van der Waals surface area contributed by atoms with Gasteiger partial charge in [-0.05, 0) is 31.8 Å². The molecule has 0 spiro atoms. The molecule has 2 rings (SSSR count). The first kappa shape index (κ1) is 11.0. The molecule has 0 aliphatic heterocycles. The minimum Gasteiger partial charge on any atom is -0.323 e. The van der Waals surface area contributed by atoms with Crippen molar-refractivity contribution < 1.29 is 0 Å². The van der Waals surface area contributed by atoms with Crippen LogP contribution in [-0.4, -0.2) is 30.5 Å². The average Bonchev–Trinajstić information content (AvgIpc) is 2.27. The summed E-state index contributed by atoms with van der Waals surface area (Å²) < 4.78 is 0. The summed E-state index contributed by atoms with van der Waals surface area (Å²) in [6.45, 7) is 0.841. The molecule has 16 heavy (non-hydrogen) atoms. The molecule has 1 aromatic heterocycles. The average molecular weight is 215 g/mol. The van der Waals surface area contributed by atoms with E-state index in [0.29, 0.717) is 0 Å². The molecule has 1 atom stereocenters. The molecule has 84 valence electrons. The summed E-state index contributed by atoms with van der Waals surface area (Å²) in [7, 11) is 4.06. The zero-order valence-corrected chi connectivity index (χ0v) is 9.72. The summed E-state index contributed by atoms with van der Waals surface area (Å²) in [6, 6.07) is 10.2. The number of nitrogens with two attached hydrogens (primary N) is 1. The van der Waals surface area contributed by atoms with E-state index >= 15 is 0 Å². The molecule has 0 aliphatic rings. The molecule has 2 N–H and O–H groups in total. The highest BCUT2D eigenvalue weighted by molar-refractivity contribution is 5.82. The number of aromatic nitrogens is 1. The fourth-order valence-electron chi connectivity index (χ4n) is 1.94. The van der Waals surface area contributed by atoms with Gasteiger partial charge in [0.1, 0.15) is 0 Å². The monoisotopic (exact) mass is 215 g/mol. The third kappa shape index (κ3) is 2.21. The predicted octanol–water partition coefficient (Wildman–Crippen LogP) is 1.80.